The van der Waals surface area contributed by atoms with Crippen molar-refractivity contribution in [2.24, 2.45) is 0 Å². The lowest BCUT2D eigenvalue weighted by Gasteiger charge is -2.13. The molecule has 19 heavy (non-hydrogen) atoms. The Labute approximate surface area is 113 Å². The van der Waals surface area contributed by atoms with Gasteiger partial charge in [0.15, 0.2) is 0 Å². The molecule has 7 heteroatoms. The lowest BCUT2D eigenvalue weighted by molar-refractivity contribution is -0.122. The van der Waals surface area contributed by atoms with Gasteiger partial charge in [0.25, 0.3) is 0 Å². The molecular weight excluding hydrogens is 246 g/mol. The van der Waals surface area contributed by atoms with E-state index in [-0.39, 0.29) is 11.9 Å². The van der Waals surface area contributed by atoms with Gasteiger partial charge in [-0.15, -0.1) is 5.10 Å². The van der Waals surface area contributed by atoms with Crippen LogP contribution < -0.4 is 10.6 Å². The Morgan fingerprint density at radius 1 is 1.42 bits per heavy atom. The molecule has 1 unspecified atom stereocenters. The van der Waals surface area contributed by atoms with Crippen LogP contribution in [0.25, 0.3) is 0 Å². The number of carbonyl (C=O) groups excluding carboxylic acids is 1. The molecule has 1 rings (SSSR count). The summed E-state index contributed by atoms with van der Waals surface area (Å²) in [5.41, 5.74) is 0. The molecule has 0 spiro atoms. The number of nitrogens with one attached hydrogen (secondary N) is 2. The highest BCUT2D eigenvalue weighted by Gasteiger charge is 2.10. The van der Waals surface area contributed by atoms with Crippen LogP contribution >= 0.6 is 0 Å². The van der Waals surface area contributed by atoms with E-state index in [4.69, 9.17) is 4.74 Å². The number of aryl methyl sites for hydroxylation is 1. The summed E-state index contributed by atoms with van der Waals surface area (Å²) in [4.78, 5) is 11.7. The Kier molecular flexibility index (Phi) is 7.76. The van der Waals surface area contributed by atoms with Crippen molar-refractivity contribution in [3.8, 4) is 0 Å². The topological polar surface area (TPSA) is 81.1 Å². The number of hydrogen-bond donors (Lipinski definition) is 2. The largest absolute Gasteiger partial charge is 0.385 e. The second-order valence-electron chi connectivity index (χ2n) is 4.33. The number of carbonyl (C=O) groups is 1. The molecule has 1 aromatic heterocycles. The van der Waals surface area contributed by atoms with Gasteiger partial charge in [-0.3, -0.25) is 9.48 Å². The van der Waals surface area contributed by atoms with Gasteiger partial charge >= 0.3 is 0 Å². The van der Waals surface area contributed by atoms with Crippen LogP contribution in [0.15, 0.2) is 12.4 Å². The van der Waals surface area contributed by atoms with E-state index in [0.29, 0.717) is 13.2 Å². The third-order valence-electron chi connectivity index (χ3n) is 2.70. The Balaban J connectivity index is 2.02. The summed E-state index contributed by atoms with van der Waals surface area (Å²) >= 11 is 0. The molecule has 1 atom stereocenters. The van der Waals surface area contributed by atoms with Gasteiger partial charge in [0.1, 0.15) is 0 Å². The van der Waals surface area contributed by atoms with Gasteiger partial charge in [-0.1, -0.05) is 5.21 Å². The summed E-state index contributed by atoms with van der Waals surface area (Å²) in [6, 6.07) is -0.182. The maximum absolute atomic E-state index is 11.7. The number of methoxy groups -OCH3 is 1. The van der Waals surface area contributed by atoms with E-state index < -0.39 is 0 Å². The predicted molar refractivity (Wildman–Crippen MR) is 71.6 cm³/mol. The Morgan fingerprint density at radius 2 is 2.26 bits per heavy atom. The van der Waals surface area contributed by atoms with Crippen LogP contribution in [0.4, 0.5) is 0 Å². The second kappa shape index (κ2) is 9.46. The van der Waals surface area contributed by atoms with E-state index >= 15 is 0 Å². The van der Waals surface area contributed by atoms with E-state index in [9.17, 15) is 4.79 Å². The minimum Gasteiger partial charge on any atom is -0.385 e. The van der Waals surface area contributed by atoms with E-state index in [2.05, 4.69) is 20.9 Å². The molecule has 0 fully saturated rings. The Bertz CT molecular complexity index is 342. The first kappa shape index (κ1) is 15.6. The summed E-state index contributed by atoms with van der Waals surface area (Å²) in [7, 11) is 1.65. The third kappa shape index (κ3) is 6.88. The minimum atomic E-state index is -0.182. The van der Waals surface area contributed by atoms with Crippen LogP contribution in [0.1, 0.15) is 19.8 Å². The van der Waals surface area contributed by atoms with Crippen LogP contribution in [0.2, 0.25) is 0 Å². The molecule has 0 aliphatic heterocycles. The number of nitrogens with zero attached hydrogens (tertiary/aromatic N) is 3. The minimum absolute atomic E-state index is 0.0249. The molecule has 0 aliphatic carbocycles. The maximum atomic E-state index is 11.7. The summed E-state index contributed by atoms with van der Waals surface area (Å²) < 4.78 is 6.69. The van der Waals surface area contributed by atoms with Crippen molar-refractivity contribution in [2.75, 3.05) is 26.8 Å². The van der Waals surface area contributed by atoms with Crippen LogP contribution in [0, 0.1) is 0 Å². The monoisotopic (exact) mass is 269 g/mol. The van der Waals surface area contributed by atoms with Crippen LogP contribution in [0.3, 0.4) is 0 Å². The van der Waals surface area contributed by atoms with Gasteiger partial charge < -0.3 is 15.4 Å². The fraction of sp³-hybridized carbons (Fsp3) is 0.750. The Morgan fingerprint density at radius 3 is 2.95 bits per heavy atom. The Hall–Kier alpha value is -1.47. The number of hydrogen-bond acceptors (Lipinski definition) is 5. The van der Waals surface area contributed by atoms with Crippen molar-refractivity contribution in [3.05, 3.63) is 12.4 Å². The van der Waals surface area contributed by atoms with E-state index in [1.54, 1.807) is 18.0 Å². The normalized spacial score (nSPS) is 12.3. The molecule has 1 heterocycles. The van der Waals surface area contributed by atoms with Crippen molar-refractivity contribution >= 4 is 5.91 Å². The van der Waals surface area contributed by atoms with Crippen LogP contribution in [-0.2, 0) is 16.1 Å². The second-order valence-corrected chi connectivity index (χ2v) is 4.33. The fourth-order valence-corrected chi connectivity index (χ4v) is 1.59. The molecule has 0 aliphatic rings. The average Bonchev–Trinajstić information content (AvgIpc) is 2.92. The molecule has 2 N–H and O–H groups in total. The molecule has 0 saturated carbocycles. The molecule has 108 valence electrons. The highest BCUT2D eigenvalue weighted by Crippen LogP contribution is 1.88. The van der Waals surface area contributed by atoms with Crippen molar-refractivity contribution in [3.63, 3.8) is 0 Å². The number of ether oxygens (including phenoxy) is 1. The quantitative estimate of drug-likeness (QED) is 0.575. The molecule has 0 saturated heterocycles. The average molecular weight is 269 g/mol. The van der Waals surface area contributed by atoms with Gasteiger partial charge in [-0.2, -0.15) is 0 Å². The van der Waals surface area contributed by atoms with Crippen molar-refractivity contribution in [1.29, 1.82) is 0 Å². The molecule has 7 nitrogen and oxygen atoms in total. The number of aromatic nitrogens is 3. The number of amides is 1. The lowest BCUT2D eigenvalue weighted by Crippen LogP contribution is -2.43. The van der Waals surface area contributed by atoms with E-state index in [1.165, 1.54) is 0 Å². The molecule has 0 radical (unpaired) electrons. The maximum Gasteiger partial charge on any atom is 0.236 e. The highest BCUT2D eigenvalue weighted by atomic mass is 16.5. The van der Waals surface area contributed by atoms with Gasteiger partial charge in [0.2, 0.25) is 5.91 Å². The third-order valence-corrected chi connectivity index (χ3v) is 2.70. The summed E-state index contributed by atoms with van der Waals surface area (Å²) in [6.45, 7) is 4.75. The van der Waals surface area contributed by atoms with Gasteiger partial charge in [-0.05, 0) is 26.3 Å². The van der Waals surface area contributed by atoms with Gasteiger partial charge in [0.05, 0.1) is 12.2 Å². The molecule has 1 aromatic rings. The SMILES string of the molecule is COCCCNC(=O)C(C)NCCCn1ccnn1. The van der Waals surface area contributed by atoms with Crippen molar-refractivity contribution in [2.45, 2.75) is 32.4 Å². The molecule has 0 aromatic carbocycles. The zero-order valence-electron chi connectivity index (χ0n) is 11.6. The van der Waals surface area contributed by atoms with Gasteiger partial charge in [0, 0.05) is 33.0 Å². The first-order valence-electron chi connectivity index (χ1n) is 6.58. The molecule has 0 bridgehead atoms. The van der Waals surface area contributed by atoms with Crippen LogP contribution in [0.5, 0.6) is 0 Å². The summed E-state index contributed by atoms with van der Waals surface area (Å²) in [6.07, 6.45) is 5.22. The van der Waals surface area contributed by atoms with Crippen molar-refractivity contribution < 1.29 is 9.53 Å². The van der Waals surface area contributed by atoms with Crippen LogP contribution in [-0.4, -0.2) is 53.7 Å². The van der Waals surface area contributed by atoms with Gasteiger partial charge in [-0.25, -0.2) is 0 Å². The summed E-state index contributed by atoms with van der Waals surface area (Å²) in [5, 5.41) is 13.6. The highest BCUT2D eigenvalue weighted by molar-refractivity contribution is 5.81. The number of rotatable bonds is 10. The van der Waals surface area contributed by atoms with Crippen molar-refractivity contribution in [1.82, 2.24) is 25.6 Å². The predicted octanol–water partition coefficient (Wildman–Crippen LogP) is -0.201. The fourth-order valence-electron chi connectivity index (χ4n) is 1.59. The zero-order valence-corrected chi connectivity index (χ0v) is 11.6. The van der Waals surface area contributed by atoms with E-state index in [1.807, 2.05) is 13.1 Å². The zero-order chi connectivity index (χ0) is 13.9. The first-order valence-corrected chi connectivity index (χ1v) is 6.58. The molecular formula is C12H23N5O2. The van der Waals surface area contributed by atoms with E-state index in [0.717, 1.165) is 25.9 Å². The lowest BCUT2D eigenvalue weighted by atomic mass is 10.3. The molecule has 1 amide bonds. The smallest absolute Gasteiger partial charge is 0.236 e. The first-order chi connectivity index (χ1) is 9.24. The summed E-state index contributed by atoms with van der Waals surface area (Å²) in [5.74, 6) is 0.0249. The standard InChI is InChI=1S/C12H23N5O2/c1-11(12(18)14-6-4-10-19-2)13-5-3-8-17-9-7-15-16-17/h7,9,11,13H,3-6,8,10H2,1-2H3,(H,14,18).